The molecule has 1 atom stereocenters. The first kappa shape index (κ1) is 14.2. The van der Waals surface area contributed by atoms with Gasteiger partial charge in [-0.15, -0.1) is 0 Å². The summed E-state index contributed by atoms with van der Waals surface area (Å²) in [5.74, 6) is 0. The summed E-state index contributed by atoms with van der Waals surface area (Å²) >= 11 is 0. The van der Waals surface area contributed by atoms with E-state index in [0.717, 1.165) is 31.4 Å². The molecule has 0 heterocycles. The summed E-state index contributed by atoms with van der Waals surface area (Å²) in [6.45, 7) is 4.17. The number of ether oxygens (including phenoxy) is 2. The predicted octanol–water partition coefficient (Wildman–Crippen LogP) is 2.87. The van der Waals surface area contributed by atoms with Crippen molar-refractivity contribution in [3.63, 3.8) is 0 Å². The van der Waals surface area contributed by atoms with Gasteiger partial charge in [-0.3, -0.25) is 0 Å². The molecule has 3 heteroatoms. The number of rotatable bonds is 9. The third-order valence-electron chi connectivity index (χ3n) is 2.46. The van der Waals surface area contributed by atoms with Crippen molar-refractivity contribution < 1.29 is 9.47 Å². The summed E-state index contributed by atoms with van der Waals surface area (Å²) in [6, 6.07) is 10.0. The first-order valence-electron chi connectivity index (χ1n) is 6.36. The Labute approximate surface area is 104 Å². The van der Waals surface area contributed by atoms with E-state index < -0.39 is 0 Å². The highest BCUT2D eigenvalue weighted by atomic mass is 16.7. The zero-order chi connectivity index (χ0) is 12.3. The normalized spacial score (nSPS) is 12.6. The quantitative estimate of drug-likeness (QED) is 0.530. The van der Waals surface area contributed by atoms with Crippen LogP contribution in [-0.2, 0) is 9.47 Å². The Bertz CT molecular complexity index is 267. The van der Waals surface area contributed by atoms with Crippen LogP contribution in [0.5, 0.6) is 0 Å². The molecule has 1 rings (SSSR count). The number of benzene rings is 1. The summed E-state index contributed by atoms with van der Waals surface area (Å²) in [5.41, 5.74) is 6.52. The van der Waals surface area contributed by atoms with Gasteiger partial charge < -0.3 is 15.2 Å². The second kappa shape index (κ2) is 9.16. The van der Waals surface area contributed by atoms with E-state index in [4.69, 9.17) is 15.2 Å². The van der Waals surface area contributed by atoms with Gasteiger partial charge in [-0.2, -0.15) is 0 Å². The standard InChI is InChI=1S/C14H23NO2/c1-2-3-11-16-14(17-12-7-10-15)13-8-5-4-6-9-13/h4-6,8-9,14H,2-3,7,10-12,15H2,1H3. The van der Waals surface area contributed by atoms with Gasteiger partial charge in [-0.25, -0.2) is 0 Å². The van der Waals surface area contributed by atoms with Gasteiger partial charge in [0, 0.05) is 5.56 Å². The van der Waals surface area contributed by atoms with Crippen molar-refractivity contribution >= 4 is 0 Å². The van der Waals surface area contributed by atoms with Gasteiger partial charge in [0.2, 0.25) is 0 Å². The van der Waals surface area contributed by atoms with Gasteiger partial charge in [0.05, 0.1) is 13.2 Å². The summed E-state index contributed by atoms with van der Waals surface area (Å²) in [6.07, 6.45) is 2.79. The Kier molecular flexibility index (Phi) is 7.63. The van der Waals surface area contributed by atoms with Crippen LogP contribution in [0.3, 0.4) is 0 Å². The third-order valence-corrected chi connectivity index (χ3v) is 2.46. The fraction of sp³-hybridized carbons (Fsp3) is 0.571. The molecule has 0 saturated heterocycles. The maximum Gasteiger partial charge on any atom is 0.183 e. The summed E-state index contributed by atoms with van der Waals surface area (Å²) in [7, 11) is 0. The summed E-state index contributed by atoms with van der Waals surface area (Å²) in [5, 5.41) is 0. The summed E-state index contributed by atoms with van der Waals surface area (Å²) in [4.78, 5) is 0. The molecule has 0 amide bonds. The SMILES string of the molecule is CCCCOC(OCCCN)c1ccccc1. The van der Waals surface area contributed by atoms with E-state index in [2.05, 4.69) is 6.92 Å². The molecule has 0 spiro atoms. The number of hydrogen-bond acceptors (Lipinski definition) is 3. The topological polar surface area (TPSA) is 44.5 Å². The van der Waals surface area contributed by atoms with Crippen molar-refractivity contribution in [2.45, 2.75) is 32.5 Å². The van der Waals surface area contributed by atoms with Crippen molar-refractivity contribution in [2.75, 3.05) is 19.8 Å². The van der Waals surface area contributed by atoms with E-state index in [-0.39, 0.29) is 6.29 Å². The lowest BCUT2D eigenvalue weighted by molar-refractivity contribution is -0.147. The van der Waals surface area contributed by atoms with Gasteiger partial charge in [0.1, 0.15) is 0 Å². The molecule has 1 aromatic carbocycles. The first-order chi connectivity index (χ1) is 8.38. The zero-order valence-electron chi connectivity index (χ0n) is 10.6. The van der Waals surface area contributed by atoms with E-state index in [9.17, 15) is 0 Å². The molecule has 0 aliphatic rings. The molecule has 0 bridgehead atoms. The monoisotopic (exact) mass is 237 g/mol. The Morgan fingerprint density at radius 2 is 1.71 bits per heavy atom. The maximum atomic E-state index is 5.75. The minimum atomic E-state index is -0.255. The number of unbranched alkanes of at least 4 members (excludes halogenated alkanes) is 1. The lowest BCUT2D eigenvalue weighted by Crippen LogP contribution is -2.13. The van der Waals surface area contributed by atoms with E-state index in [0.29, 0.717) is 13.2 Å². The van der Waals surface area contributed by atoms with E-state index >= 15 is 0 Å². The van der Waals surface area contributed by atoms with Crippen LogP contribution in [0.4, 0.5) is 0 Å². The molecule has 1 unspecified atom stereocenters. The number of hydrogen-bond donors (Lipinski definition) is 1. The highest BCUT2D eigenvalue weighted by molar-refractivity contribution is 5.15. The van der Waals surface area contributed by atoms with Crippen molar-refractivity contribution in [2.24, 2.45) is 5.73 Å². The van der Waals surface area contributed by atoms with Crippen molar-refractivity contribution in [1.82, 2.24) is 0 Å². The maximum absolute atomic E-state index is 5.75. The van der Waals surface area contributed by atoms with Gasteiger partial charge >= 0.3 is 0 Å². The molecule has 0 aliphatic carbocycles. The first-order valence-corrected chi connectivity index (χ1v) is 6.36. The zero-order valence-corrected chi connectivity index (χ0v) is 10.6. The van der Waals surface area contributed by atoms with Crippen molar-refractivity contribution in [1.29, 1.82) is 0 Å². The smallest absolute Gasteiger partial charge is 0.183 e. The molecular formula is C14H23NO2. The van der Waals surface area contributed by atoms with Crippen LogP contribution in [0.15, 0.2) is 30.3 Å². The highest BCUT2D eigenvalue weighted by Crippen LogP contribution is 2.19. The van der Waals surface area contributed by atoms with Gasteiger partial charge in [0.25, 0.3) is 0 Å². The second-order valence-corrected chi connectivity index (χ2v) is 3.98. The molecule has 17 heavy (non-hydrogen) atoms. The molecule has 0 fully saturated rings. The molecule has 0 aliphatic heterocycles. The molecular weight excluding hydrogens is 214 g/mol. The minimum absolute atomic E-state index is 0.255. The fourth-order valence-corrected chi connectivity index (χ4v) is 1.46. The van der Waals surface area contributed by atoms with Crippen LogP contribution in [0.2, 0.25) is 0 Å². The van der Waals surface area contributed by atoms with Crippen molar-refractivity contribution in [3.05, 3.63) is 35.9 Å². The predicted molar refractivity (Wildman–Crippen MR) is 69.7 cm³/mol. The Balaban J connectivity index is 2.46. The molecule has 0 saturated carbocycles. The van der Waals surface area contributed by atoms with Crippen LogP contribution in [0, 0.1) is 0 Å². The molecule has 0 aromatic heterocycles. The van der Waals surface area contributed by atoms with Crippen LogP contribution in [-0.4, -0.2) is 19.8 Å². The van der Waals surface area contributed by atoms with E-state index in [1.54, 1.807) is 0 Å². The van der Waals surface area contributed by atoms with Crippen LogP contribution in [0.25, 0.3) is 0 Å². The molecule has 1 aromatic rings. The Morgan fingerprint density at radius 3 is 2.29 bits per heavy atom. The molecule has 3 nitrogen and oxygen atoms in total. The van der Waals surface area contributed by atoms with Gasteiger partial charge in [0.15, 0.2) is 6.29 Å². The molecule has 96 valence electrons. The van der Waals surface area contributed by atoms with Crippen molar-refractivity contribution in [3.8, 4) is 0 Å². The fourth-order valence-electron chi connectivity index (χ4n) is 1.46. The Hall–Kier alpha value is -0.900. The van der Waals surface area contributed by atoms with Crippen LogP contribution >= 0.6 is 0 Å². The largest absolute Gasteiger partial charge is 0.348 e. The highest BCUT2D eigenvalue weighted by Gasteiger charge is 2.11. The summed E-state index contributed by atoms with van der Waals surface area (Å²) < 4.78 is 11.5. The average molecular weight is 237 g/mol. The minimum Gasteiger partial charge on any atom is -0.348 e. The average Bonchev–Trinajstić information content (AvgIpc) is 2.38. The van der Waals surface area contributed by atoms with E-state index in [1.165, 1.54) is 0 Å². The van der Waals surface area contributed by atoms with Gasteiger partial charge in [-0.05, 0) is 19.4 Å². The second-order valence-electron chi connectivity index (χ2n) is 3.98. The molecule has 0 radical (unpaired) electrons. The Morgan fingerprint density at radius 1 is 1.06 bits per heavy atom. The lowest BCUT2D eigenvalue weighted by atomic mass is 10.2. The third kappa shape index (κ3) is 5.82. The molecule has 2 N–H and O–H groups in total. The van der Waals surface area contributed by atoms with E-state index in [1.807, 2.05) is 30.3 Å². The number of nitrogens with two attached hydrogens (primary N) is 1. The lowest BCUT2D eigenvalue weighted by Gasteiger charge is -2.18. The van der Waals surface area contributed by atoms with Gasteiger partial charge in [-0.1, -0.05) is 43.7 Å². The van der Waals surface area contributed by atoms with Crippen LogP contribution < -0.4 is 5.73 Å². The van der Waals surface area contributed by atoms with Crippen LogP contribution in [0.1, 0.15) is 38.0 Å².